The van der Waals surface area contributed by atoms with Gasteiger partial charge >= 0.3 is 48.6 Å². The monoisotopic (exact) mass is 1810 g/mol. The highest BCUT2D eigenvalue weighted by Gasteiger charge is 2.60. The number of benzene rings is 2. The van der Waals surface area contributed by atoms with E-state index in [9.17, 15) is 111 Å². The largest absolute Gasteiger partial charge is 0.478 e. The zero-order valence-electron chi connectivity index (χ0n) is 69.9. The Morgan fingerprint density at radius 2 is 0.651 bits per heavy atom. The number of aryl methyl sites for hydroxylation is 4. The molecule has 0 aliphatic carbocycles. The number of carbonyl (C=O) groups is 8. The minimum Gasteiger partial charge on any atom is -0.478 e. The van der Waals surface area contributed by atoms with Crippen molar-refractivity contribution in [1.82, 2.24) is 39.5 Å². The smallest absolute Gasteiger partial charge is 0.418 e. The van der Waals surface area contributed by atoms with Crippen LogP contribution in [0.1, 0.15) is 215 Å². The van der Waals surface area contributed by atoms with E-state index >= 15 is 0 Å². The maximum atomic E-state index is 13.5. The van der Waals surface area contributed by atoms with E-state index in [2.05, 4.69) is 19.9 Å². The van der Waals surface area contributed by atoms with E-state index in [0.717, 1.165) is 94.5 Å². The molecule has 0 radical (unpaired) electrons. The van der Waals surface area contributed by atoms with Crippen LogP contribution in [-0.4, -0.2) is 180 Å². The maximum absolute atomic E-state index is 13.5. The van der Waals surface area contributed by atoms with Crippen molar-refractivity contribution in [2.24, 2.45) is 0 Å². The van der Waals surface area contributed by atoms with Gasteiger partial charge in [-0.15, -0.1) is 22.7 Å². The molecule has 24 nitrogen and oxygen atoms in total. The van der Waals surface area contributed by atoms with Gasteiger partial charge in [0.25, 0.3) is 23.6 Å². The number of ether oxygens (including phenoxy) is 4. The molecular formula is C88H96F12N8O16S2. The summed E-state index contributed by atoms with van der Waals surface area (Å²) in [4.78, 5) is 124. The second-order valence-corrected chi connectivity index (χ2v) is 33.1. The topological polar surface area (TPSA) is 319 Å². The number of carbonyl (C=O) groups excluding carboxylic acids is 4. The van der Waals surface area contributed by atoms with E-state index in [-0.39, 0.29) is 103 Å². The van der Waals surface area contributed by atoms with Gasteiger partial charge in [0.1, 0.15) is 34.4 Å². The SMILES string of the molecule is CCC[C@H]1N(C(=O)c2cnccc2C(F)(F)F)CCC[C@@]1(Oc1ccc(C)cc1)C(=O)O.CCC[C@H]1N(C(=O)c2cnccc2C(F)(F)F)CCC[C@@]1(Oc1csc(C)c1)C(=O)O.CCC[C@H]1N(C(=O)c2ncccc2C(F)(F)F)CCC[C@@]1(Oc1ccc(C)cc1)C(=O)O.CCC[C@H]1N(C(=O)c2ncccc2C(F)(F)F)CCC[C@@]1(Oc1csc(C)c1)C(=O)O. The van der Waals surface area contributed by atoms with Crippen LogP contribution < -0.4 is 18.9 Å². The molecule has 0 unspecified atom stereocenters. The zero-order chi connectivity index (χ0) is 92.7. The first kappa shape index (κ1) is 98.4. The Balaban J connectivity index is 0.000000190. The summed E-state index contributed by atoms with van der Waals surface area (Å²) in [6.07, 6.45) is -8.34. The number of halogens is 12. The molecule has 4 fully saturated rings. The van der Waals surface area contributed by atoms with Crippen LogP contribution in [0.3, 0.4) is 0 Å². The molecule has 0 saturated carbocycles. The lowest BCUT2D eigenvalue weighted by atomic mass is 9.81. The maximum Gasteiger partial charge on any atom is 0.418 e. The van der Waals surface area contributed by atoms with E-state index < -0.39 is 164 Å². The second kappa shape index (κ2) is 41.3. The van der Waals surface area contributed by atoms with Gasteiger partial charge in [-0.05, 0) is 152 Å². The quantitative estimate of drug-likeness (QED) is 0.0408. The van der Waals surface area contributed by atoms with Gasteiger partial charge in [0.2, 0.25) is 22.4 Å². The fraction of sp³-hybridized carbons (Fsp3) is 0.455. The number of amides is 4. The Bertz CT molecular complexity index is 4820. The molecule has 38 heteroatoms. The van der Waals surface area contributed by atoms with Crippen molar-refractivity contribution < 1.29 is 130 Å². The number of alkyl halides is 12. The lowest BCUT2D eigenvalue weighted by molar-refractivity contribution is -0.167. The second-order valence-electron chi connectivity index (χ2n) is 30.9. The molecule has 8 aromatic rings. The Hall–Kier alpha value is -11.4. The van der Waals surface area contributed by atoms with Crippen LogP contribution >= 0.6 is 22.7 Å². The van der Waals surface area contributed by atoms with Crippen LogP contribution in [0.15, 0.2) is 145 Å². The summed E-state index contributed by atoms with van der Waals surface area (Å²) < 4.78 is 186. The number of rotatable bonds is 24. The van der Waals surface area contributed by atoms with E-state index in [1.54, 1.807) is 71.4 Å². The molecule has 680 valence electrons. The molecule has 4 N–H and O–H groups in total. The number of aromatic nitrogens is 4. The highest BCUT2D eigenvalue weighted by molar-refractivity contribution is 7.10. The average molecular weight is 1810 g/mol. The summed E-state index contributed by atoms with van der Waals surface area (Å²) in [5, 5.41) is 44.1. The Labute approximate surface area is 725 Å². The summed E-state index contributed by atoms with van der Waals surface area (Å²) in [5.74, 6) is -7.30. The first-order valence-corrected chi connectivity index (χ1v) is 42.4. The van der Waals surface area contributed by atoms with E-state index in [1.165, 1.54) is 42.3 Å². The van der Waals surface area contributed by atoms with Crippen LogP contribution in [0.4, 0.5) is 52.7 Å². The summed E-state index contributed by atoms with van der Waals surface area (Å²) in [6.45, 7) is 15.2. The third-order valence-corrected chi connectivity index (χ3v) is 23.9. The number of carboxylic acid groups (broad SMARTS) is 4. The number of hydrogen-bond donors (Lipinski definition) is 4. The van der Waals surface area contributed by atoms with Crippen LogP contribution in [-0.2, 0) is 43.9 Å². The van der Waals surface area contributed by atoms with Gasteiger partial charge in [0, 0.05) is 110 Å². The molecule has 0 spiro atoms. The Morgan fingerprint density at radius 1 is 0.381 bits per heavy atom. The number of piperidine rings is 4. The van der Waals surface area contributed by atoms with Crippen molar-refractivity contribution in [1.29, 1.82) is 0 Å². The Morgan fingerprint density at radius 3 is 0.897 bits per heavy atom. The lowest BCUT2D eigenvalue weighted by Crippen LogP contribution is -2.65. The molecule has 4 amide bonds. The van der Waals surface area contributed by atoms with Crippen molar-refractivity contribution >= 4 is 70.2 Å². The van der Waals surface area contributed by atoms with Crippen LogP contribution in [0.25, 0.3) is 0 Å². The molecule has 6 aromatic heterocycles. The van der Waals surface area contributed by atoms with E-state index in [0.29, 0.717) is 48.7 Å². The fourth-order valence-corrected chi connectivity index (χ4v) is 17.6. The summed E-state index contributed by atoms with van der Waals surface area (Å²) in [5.41, 5.74) is -12.3. The van der Waals surface area contributed by atoms with Gasteiger partial charge in [-0.3, -0.25) is 39.1 Å². The number of pyridine rings is 4. The normalized spacial score (nSPS) is 21.5. The molecule has 12 rings (SSSR count). The molecule has 0 bridgehead atoms. The number of hydrogen-bond acceptors (Lipinski definition) is 18. The molecule has 10 heterocycles. The van der Waals surface area contributed by atoms with Crippen molar-refractivity contribution in [2.45, 2.75) is 229 Å². The molecule has 4 saturated heterocycles. The van der Waals surface area contributed by atoms with Crippen molar-refractivity contribution in [3.8, 4) is 23.0 Å². The third-order valence-electron chi connectivity index (χ3n) is 22.2. The predicted octanol–water partition coefficient (Wildman–Crippen LogP) is 19.0. The molecule has 126 heavy (non-hydrogen) atoms. The minimum absolute atomic E-state index is 0.115. The fourth-order valence-electron chi connectivity index (χ4n) is 16.4. The first-order valence-electron chi connectivity index (χ1n) is 40.6. The van der Waals surface area contributed by atoms with Gasteiger partial charge < -0.3 is 59.0 Å². The number of nitrogens with zero attached hydrogens (tertiary/aromatic N) is 8. The average Bonchev–Trinajstić information content (AvgIpc) is 0.904. The zero-order valence-corrected chi connectivity index (χ0v) is 71.6. The molecule has 8 atom stereocenters. The standard InChI is InChI=1S/2C23H25F3N2O4.2C21H23F3N2O4S/c1-3-6-18-22(21(30)31,32-16-10-8-15(2)9-11-16)12-5-14-28(18)20(29)19-17(23(24,25)26)7-4-13-27-19;1-3-5-19-22(21(30)31,32-16-8-6-15(2)7-9-16)11-4-13-28(19)20(29)17-14-27-12-10-18(17)23(24,25)26;1-3-6-16-20(19(28)29,30-14-11-13(2)31-12-14)8-5-10-26(16)18(27)17-15(21(22,23)24)7-4-9-25-17;1-3-5-17-20(19(28)29,30-14-10-13(2)31-12-14)7-4-9-26(17)18(27)15-11-25-8-6-16(15)21(22,23)24/h4,7-11,13,18H,3,5-6,12,14H2,1-2H3,(H,30,31);6-10,12,14,19H,3-5,11,13H2,1-2H3,(H,30,31);4,7,9,11-12,16H,3,5-6,8,10H2,1-2H3,(H,28,29);6,8,10-12,17H,3-5,7,9H2,1-2H3,(H,28,29)/t18-,22+;19-,22+;16-,20+;17-,20+/m1111/s1. The van der Waals surface area contributed by atoms with Crippen LogP contribution in [0.2, 0.25) is 0 Å². The van der Waals surface area contributed by atoms with E-state index in [4.69, 9.17) is 18.9 Å². The highest BCUT2D eigenvalue weighted by atomic mass is 32.1. The number of likely N-dealkylation sites (tertiary alicyclic amines) is 4. The molecule has 4 aliphatic heterocycles. The number of thiophene rings is 2. The molecule has 2 aromatic carbocycles. The van der Waals surface area contributed by atoms with E-state index in [1.807, 2.05) is 55.4 Å². The number of aliphatic carboxylic acids is 4. The minimum atomic E-state index is -4.77. The van der Waals surface area contributed by atoms with Gasteiger partial charge in [-0.2, -0.15) is 52.7 Å². The summed E-state index contributed by atoms with van der Waals surface area (Å²) >= 11 is 2.79. The highest BCUT2D eigenvalue weighted by Crippen LogP contribution is 2.46. The Kier molecular flexibility index (Phi) is 32.3. The van der Waals surface area contributed by atoms with Crippen LogP contribution in [0, 0.1) is 27.7 Å². The summed E-state index contributed by atoms with van der Waals surface area (Å²) in [6, 6.07) is 18.6. The number of carboxylic acids is 4. The van der Waals surface area contributed by atoms with Crippen molar-refractivity contribution in [3.63, 3.8) is 0 Å². The molecule has 4 aliphatic rings. The van der Waals surface area contributed by atoms with Gasteiger partial charge in [-0.1, -0.05) is 88.8 Å². The lowest BCUT2D eigenvalue weighted by Gasteiger charge is -2.47. The predicted molar refractivity (Wildman–Crippen MR) is 437 cm³/mol. The summed E-state index contributed by atoms with van der Waals surface area (Å²) in [7, 11) is 0. The molecular weight excluding hydrogens is 1720 g/mol. The van der Waals surface area contributed by atoms with Crippen molar-refractivity contribution in [3.05, 3.63) is 211 Å². The van der Waals surface area contributed by atoms with Crippen molar-refractivity contribution in [2.75, 3.05) is 26.2 Å². The van der Waals surface area contributed by atoms with Gasteiger partial charge in [0.15, 0.2) is 0 Å². The third kappa shape index (κ3) is 22.3. The van der Waals surface area contributed by atoms with Crippen LogP contribution in [0.5, 0.6) is 23.0 Å². The first-order chi connectivity index (χ1) is 59.4. The van der Waals surface area contributed by atoms with Gasteiger partial charge in [0.05, 0.1) is 57.5 Å². The van der Waals surface area contributed by atoms with Gasteiger partial charge in [-0.25, -0.2) is 19.2 Å².